The van der Waals surface area contributed by atoms with Gasteiger partial charge in [-0.3, -0.25) is 10.1 Å². The van der Waals surface area contributed by atoms with Crippen LogP contribution in [0.25, 0.3) is 0 Å². The molecule has 6 heteroatoms. The summed E-state index contributed by atoms with van der Waals surface area (Å²) in [6.07, 6.45) is 3.50. The Morgan fingerprint density at radius 2 is 2.53 bits per heavy atom. The van der Waals surface area contributed by atoms with Crippen molar-refractivity contribution in [3.8, 4) is 5.88 Å². The fourth-order valence-electron chi connectivity index (χ4n) is 1.88. The highest BCUT2D eigenvalue weighted by Gasteiger charge is 2.16. The van der Waals surface area contributed by atoms with Gasteiger partial charge >= 0.3 is 0 Å². The van der Waals surface area contributed by atoms with Crippen molar-refractivity contribution in [2.45, 2.75) is 25.8 Å². The predicted octanol–water partition coefficient (Wildman–Crippen LogP) is 1.43. The van der Waals surface area contributed by atoms with Crippen molar-refractivity contribution in [2.24, 2.45) is 0 Å². The van der Waals surface area contributed by atoms with Crippen LogP contribution in [0.3, 0.4) is 0 Å². The van der Waals surface area contributed by atoms with Crippen molar-refractivity contribution in [2.75, 3.05) is 13.2 Å². The Morgan fingerprint density at radius 3 is 3.12 bits per heavy atom. The summed E-state index contributed by atoms with van der Waals surface area (Å²) >= 11 is 0. The third kappa shape index (κ3) is 2.91. The lowest BCUT2D eigenvalue weighted by molar-refractivity contribution is -0.385. The number of aryl methyl sites for hydroxylation is 1. The zero-order valence-electron chi connectivity index (χ0n) is 9.68. The van der Waals surface area contributed by atoms with Crippen molar-refractivity contribution in [1.29, 1.82) is 0 Å². The largest absolute Gasteiger partial charge is 0.476 e. The Bertz CT molecular complexity index is 416. The van der Waals surface area contributed by atoms with Crippen molar-refractivity contribution in [3.05, 3.63) is 27.9 Å². The second-order valence-corrected chi connectivity index (χ2v) is 4.18. The maximum absolute atomic E-state index is 10.5. The third-order valence-corrected chi connectivity index (χ3v) is 2.81. The molecule has 1 fully saturated rings. The molecule has 0 aromatic carbocycles. The molecule has 1 aromatic heterocycles. The molecule has 2 rings (SSSR count). The van der Waals surface area contributed by atoms with Gasteiger partial charge in [0.05, 0.1) is 4.92 Å². The summed E-state index contributed by atoms with van der Waals surface area (Å²) in [5, 5.41) is 13.9. The molecule has 0 aliphatic carbocycles. The molecule has 1 aliphatic rings. The summed E-state index contributed by atoms with van der Waals surface area (Å²) in [7, 11) is 0. The highest BCUT2D eigenvalue weighted by atomic mass is 16.6. The quantitative estimate of drug-likeness (QED) is 0.633. The first-order valence-electron chi connectivity index (χ1n) is 5.64. The molecule has 1 unspecified atom stereocenters. The Hall–Kier alpha value is -1.69. The van der Waals surface area contributed by atoms with Gasteiger partial charge in [-0.1, -0.05) is 0 Å². The van der Waals surface area contributed by atoms with Gasteiger partial charge < -0.3 is 10.1 Å². The first kappa shape index (κ1) is 11.8. The lowest BCUT2D eigenvalue weighted by Gasteiger charge is -2.12. The minimum absolute atomic E-state index is 0.00570. The number of hydrogen-bond donors (Lipinski definition) is 1. The van der Waals surface area contributed by atoms with Crippen LogP contribution in [0.1, 0.15) is 18.4 Å². The molecule has 0 spiro atoms. The van der Waals surface area contributed by atoms with Gasteiger partial charge in [0.1, 0.15) is 12.8 Å². The third-order valence-electron chi connectivity index (χ3n) is 2.81. The van der Waals surface area contributed by atoms with E-state index in [1.54, 1.807) is 6.92 Å². The van der Waals surface area contributed by atoms with Crippen LogP contribution < -0.4 is 10.1 Å². The lowest BCUT2D eigenvalue weighted by atomic mass is 10.2. The molecule has 0 bridgehead atoms. The molecule has 1 N–H and O–H groups in total. The molecule has 17 heavy (non-hydrogen) atoms. The van der Waals surface area contributed by atoms with E-state index < -0.39 is 4.92 Å². The summed E-state index contributed by atoms with van der Waals surface area (Å²) in [4.78, 5) is 14.1. The van der Waals surface area contributed by atoms with E-state index in [0.717, 1.165) is 13.0 Å². The summed E-state index contributed by atoms with van der Waals surface area (Å²) in [6, 6.07) is 1.84. The Kier molecular flexibility index (Phi) is 3.53. The molecule has 92 valence electrons. The van der Waals surface area contributed by atoms with E-state index in [-0.39, 0.29) is 5.69 Å². The standard InChI is InChI=1S/C11H15N3O3/c1-8-5-10(14(15)16)6-13-11(8)17-7-9-3-2-4-12-9/h5-6,9,12H,2-4,7H2,1H3. The van der Waals surface area contributed by atoms with Gasteiger partial charge in [-0.2, -0.15) is 0 Å². The van der Waals surface area contributed by atoms with Gasteiger partial charge in [-0.15, -0.1) is 0 Å². The average molecular weight is 237 g/mol. The van der Waals surface area contributed by atoms with Gasteiger partial charge in [0, 0.05) is 17.7 Å². The molecule has 0 amide bonds. The second kappa shape index (κ2) is 5.09. The van der Waals surface area contributed by atoms with E-state index in [0.29, 0.717) is 24.1 Å². The van der Waals surface area contributed by atoms with Crippen molar-refractivity contribution in [1.82, 2.24) is 10.3 Å². The van der Waals surface area contributed by atoms with Gasteiger partial charge in [0.25, 0.3) is 5.69 Å². The fraction of sp³-hybridized carbons (Fsp3) is 0.545. The van der Waals surface area contributed by atoms with Gasteiger partial charge in [-0.05, 0) is 26.3 Å². The molecule has 1 aromatic rings. The predicted molar refractivity (Wildman–Crippen MR) is 62.1 cm³/mol. The van der Waals surface area contributed by atoms with Gasteiger partial charge in [-0.25, -0.2) is 4.98 Å². The van der Waals surface area contributed by atoms with E-state index >= 15 is 0 Å². The van der Waals surface area contributed by atoms with Crippen molar-refractivity contribution < 1.29 is 9.66 Å². The van der Waals surface area contributed by atoms with Crippen LogP contribution in [0.5, 0.6) is 5.88 Å². The summed E-state index contributed by atoms with van der Waals surface area (Å²) in [5.74, 6) is 0.476. The van der Waals surface area contributed by atoms with Crippen molar-refractivity contribution in [3.63, 3.8) is 0 Å². The smallest absolute Gasteiger partial charge is 0.288 e. The molecule has 0 saturated carbocycles. The first-order chi connectivity index (χ1) is 8.16. The SMILES string of the molecule is Cc1cc([N+](=O)[O-])cnc1OCC1CCCN1. The molecule has 6 nitrogen and oxygen atoms in total. The van der Waals surface area contributed by atoms with Crippen LogP contribution in [-0.4, -0.2) is 29.1 Å². The number of pyridine rings is 1. The number of nitro groups is 1. The minimum atomic E-state index is -0.456. The zero-order chi connectivity index (χ0) is 12.3. The Morgan fingerprint density at radius 1 is 1.71 bits per heavy atom. The average Bonchev–Trinajstić information content (AvgIpc) is 2.80. The zero-order valence-corrected chi connectivity index (χ0v) is 9.68. The van der Waals surface area contributed by atoms with E-state index in [4.69, 9.17) is 4.74 Å². The normalized spacial score (nSPS) is 19.2. The first-order valence-corrected chi connectivity index (χ1v) is 5.64. The summed E-state index contributed by atoms with van der Waals surface area (Å²) in [5.41, 5.74) is 0.686. The molecular formula is C11H15N3O3. The Labute approximate surface area is 99.2 Å². The minimum Gasteiger partial charge on any atom is -0.476 e. The molecule has 1 aliphatic heterocycles. The van der Waals surface area contributed by atoms with Gasteiger partial charge in [0.15, 0.2) is 0 Å². The van der Waals surface area contributed by atoms with Crippen LogP contribution in [-0.2, 0) is 0 Å². The molecule has 0 radical (unpaired) electrons. The summed E-state index contributed by atoms with van der Waals surface area (Å²) < 4.78 is 5.56. The van der Waals surface area contributed by atoms with Gasteiger partial charge in [0.2, 0.25) is 5.88 Å². The fourth-order valence-corrected chi connectivity index (χ4v) is 1.88. The molecule has 1 saturated heterocycles. The van der Waals surface area contributed by atoms with E-state index in [1.165, 1.54) is 18.7 Å². The maximum atomic E-state index is 10.5. The van der Waals surface area contributed by atoms with E-state index in [2.05, 4.69) is 10.3 Å². The number of hydrogen-bond acceptors (Lipinski definition) is 5. The summed E-state index contributed by atoms with van der Waals surface area (Å²) in [6.45, 7) is 3.35. The van der Waals surface area contributed by atoms with Crippen LogP contribution in [0.2, 0.25) is 0 Å². The van der Waals surface area contributed by atoms with Crippen LogP contribution in [0.15, 0.2) is 12.3 Å². The number of rotatable bonds is 4. The lowest BCUT2D eigenvalue weighted by Crippen LogP contribution is -2.28. The van der Waals surface area contributed by atoms with E-state index in [9.17, 15) is 10.1 Å². The molecule has 1 atom stereocenters. The number of nitrogens with zero attached hydrogens (tertiary/aromatic N) is 2. The second-order valence-electron chi connectivity index (χ2n) is 4.18. The molecule has 2 heterocycles. The van der Waals surface area contributed by atoms with Crippen LogP contribution >= 0.6 is 0 Å². The van der Waals surface area contributed by atoms with E-state index in [1.807, 2.05) is 0 Å². The monoisotopic (exact) mass is 237 g/mol. The maximum Gasteiger partial charge on any atom is 0.288 e. The highest BCUT2D eigenvalue weighted by molar-refractivity contribution is 5.36. The Balaban J connectivity index is 1.98. The number of ether oxygens (including phenoxy) is 1. The number of nitrogens with one attached hydrogen (secondary N) is 1. The topological polar surface area (TPSA) is 77.3 Å². The number of aromatic nitrogens is 1. The van der Waals surface area contributed by atoms with Crippen molar-refractivity contribution >= 4 is 5.69 Å². The highest BCUT2D eigenvalue weighted by Crippen LogP contribution is 2.20. The molecular weight excluding hydrogens is 222 g/mol. The van der Waals surface area contributed by atoms with Crippen LogP contribution in [0, 0.1) is 17.0 Å². The van der Waals surface area contributed by atoms with Crippen LogP contribution in [0.4, 0.5) is 5.69 Å².